The highest BCUT2D eigenvalue weighted by Gasteiger charge is 2.60. The first kappa shape index (κ1) is 16.3. The molecule has 3 nitrogen and oxygen atoms in total. The van der Waals surface area contributed by atoms with E-state index < -0.39 is 24.3 Å². The molecule has 110 valence electrons. The number of nitrogens with zero attached hydrogens (tertiary/aromatic N) is 2. The number of aromatic nitrogens is 2. The van der Waals surface area contributed by atoms with Crippen LogP contribution in [0.25, 0.3) is 0 Å². The number of rotatable bonds is 3. The molecule has 0 saturated heterocycles. The maximum Gasteiger partial charge on any atom is 0.402 e. The molecule has 1 rings (SSSR count). The Morgan fingerprint density at radius 2 is 1.74 bits per heavy atom. The maximum absolute atomic E-state index is 12.6. The van der Waals surface area contributed by atoms with E-state index in [4.69, 9.17) is 5.73 Å². The van der Waals surface area contributed by atoms with Gasteiger partial charge in [0.25, 0.3) is 0 Å². The zero-order valence-corrected chi connectivity index (χ0v) is 11.1. The minimum atomic E-state index is -5.49. The van der Waals surface area contributed by atoms with Gasteiger partial charge in [0.2, 0.25) is 0 Å². The molecule has 1 atom stereocenters. The summed E-state index contributed by atoms with van der Waals surface area (Å²) >= 11 is 2.86. The highest BCUT2D eigenvalue weighted by atomic mass is 79.9. The van der Waals surface area contributed by atoms with E-state index in [1.54, 1.807) is 0 Å². The number of alkyl halides is 6. The van der Waals surface area contributed by atoms with Crippen molar-refractivity contribution in [1.82, 2.24) is 9.78 Å². The number of hydrogen-bond acceptors (Lipinski definition) is 2. The Labute approximate surface area is 112 Å². The summed E-state index contributed by atoms with van der Waals surface area (Å²) < 4.78 is 76.5. The smallest absolute Gasteiger partial charge is 0.322 e. The van der Waals surface area contributed by atoms with Crippen molar-refractivity contribution in [3.63, 3.8) is 0 Å². The average molecular weight is 354 g/mol. The fraction of sp³-hybridized carbons (Fsp3) is 0.667. The van der Waals surface area contributed by atoms with E-state index in [9.17, 15) is 26.3 Å². The Bertz CT molecular complexity index is 424. The third-order valence-corrected chi connectivity index (χ3v) is 3.12. The normalized spacial score (nSPS) is 15.1. The van der Waals surface area contributed by atoms with Crippen LogP contribution in [-0.2, 0) is 6.54 Å². The molecule has 0 bridgehead atoms. The van der Waals surface area contributed by atoms with Crippen LogP contribution in [-0.4, -0.2) is 22.1 Å². The van der Waals surface area contributed by atoms with Gasteiger partial charge in [-0.1, -0.05) is 0 Å². The van der Waals surface area contributed by atoms with E-state index in [0.29, 0.717) is 0 Å². The standard InChI is InChI=1S/C9H10BrF6N3/c1-2-19-6(4(10)3-18-19)5(17)7(8(11,12)13)9(14,15)16/h3,5,7H,2,17H2,1H3. The molecule has 1 heterocycles. The van der Waals surface area contributed by atoms with Crippen molar-refractivity contribution in [2.24, 2.45) is 11.7 Å². The maximum atomic E-state index is 12.6. The molecule has 19 heavy (non-hydrogen) atoms. The Hall–Kier alpha value is -0.770. The summed E-state index contributed by atoms with van der Waals surface area (Å²) in [5, 5.41) is 3.66. The van der Waals surface area contributed by atoms with Crippen molar-refractivity contribution in [2.45, 2.75) is 31.9 Å². The summed E-state index contributed by atoms with van der Waals surface area (Å²) in [4.78, 5) is 0. The SMILES string of the molecule is CCn1ncc(Br)c1C(N)C(C(F)(F)F)C(F)(F)F. The molecule has 1 aromatic heterocycles. The lowest BCUT2D eigenvalue weighted by molar-refractivity contribution is -0.290. The summed E-state index contributed by atoms with van der Waals surface area (Å²) in [6, 6.07) is -2.28. The lowest BCUT2D eigenvalue weighted by Crippen LogP contribution is -2.44. The summed E-state index contributed by atoms with van der Waals surface area (Å²) in [6.07, 6.45) is -9.86. The van der Waals surface area contributed by atoms with E-state index in [2.05, 4.69) is 21.0 Å². The molecule has 10 heteroatoms. The molecule has 0 aliphatic carbocycles. The van der Waals surface area contributed by atoms with E-state index in [0.717, 1.165) is 10.9 Å². The zero-order chi connectivity index (χ0) is 15.0. The van der Waals surface area contributed by atoms with Crippen LogP contribution in [0.1, 0.15) is 18.7 Å². The van der Waals surface area contributed by atoms with Crippen molar-refractivity contribution in [2.75, 3.05) is 0 Å². The predicted molar refractivity (Wildman–Crippen MR) is 58.1 cm³/mol. The number of nitrogens with two attached hydrogens (primary N) is 1. The fourth-order valence-corrected chi connectivity index (χ4v) is 2.27. The van der Waals surface area contributed by atoms with Gasteiger partial charge in [0.1, 0.15) is 0 Å². The van der Waals surface area contributed by atoms with Crippen molar-refractivity contribution in [3.05, 3.63) is 16.4 Å². The van der Waals surface area contributed by atoms with Gasteiger partial charge < -0.3 is 5.73 Å². The molecule has 0 aliphatic rings. The third-order valence-electron chi connectivity index (χ3n) is 2.51. The van der Waals surface area contributed by atoms with Crippen LogP contribution in [0.2, 0.25) is 0 Å². The first-order valence-electron chi connectivity index (χ1n) is 5.10. The van der Waals surface area contributed by atoms with Crippen molar-refractivity contribution < 1.29 is 26.3 Å². The second kappa shape index (κ2) is 5.31. The molecular weight excluding hydrogens is 344 g/mol. The van der Waals surface area contributed by atoms with Gasteiger partial charge in [0, 0.05) is 6.54 Å². The van der Waals surface area contributed by atoms with E-state index in [1.165, 1.54) is 6.92 Å². The average Bonchev–Trinajstić information content (AvgIpc) is 2.54. The molecule has 1 aromatic rings. The van der Waals surface area contributed by atoms with Crippen molar-refractivity contribution in [3.8, 4) is 0 Å². The van der Waals surface area contributed by atoms with Crippen LogP contribution in [0.15, 0.2) is 10.7 Å². The topological polar surface area (TPSA) is 43.8 Å². The van der Waals surface area contributed by atoms with Gasteiger partial charge >= 0.3 is 12.4 Å². The van der Waals surface area contributed by atoms with Crippen LogP contribution < -0.4 is 5.73 Å². The first-order valence-corrected chi connectivity index (χ1v) is 5.89. The van der Waals surface area contributed by atoms with Gasteiger partial charge in [-0.3, -0.25) is 4.68 Å². The Balaban J connectivity index is 3.28. The lowest BCUT2D eigenvalue weighted by Gasteiger charge is -2.28. The monoisotopic (exact) mass is 353 g/mol. The summed E-state index contributed by atoms with van der Waals surface area (Å²) in [5.41, 5.74) is 4.87. The Kier molecular flexibility index (Phi) is 4.55. The highest BCUT2D eigenvalue weighted by molar-refractivity contribution is 9.10. The van der Waals surface area contributed by atoms with Crippen LogP contribution >= 0.6 is 15.9 Å². The summed E-state index contributed by atoms with van der Waals surface area (Å²) in [7, 11) is 0. The van der Waals surface area contributed by atoms with Crippen molar-refractivity contribution in [1.29, 1.82) is 0 Å². The fourth-order valence-electron chi connectivity index (χ4n) is 1.71. The number of hydrogen-bond donors (Lipinski definition) is 1. The van der Waals surface area contributed by atoms with E-state index in [1.807, 2.05) is 0 Å². The lowest BCUT2D eigenvalue weighted by atomic mass is 9.96. The summed E-state index contributed by atoms with van der Waals surface area (Å²) in [6.45, 7) is 1.64. The second-order valence-corrected chi connectivity index (χ2v) is 4.63. The second-order valence-electron chi connectivity index (χ2n) is 3.78. The molecule has 0 spiro atoms. The molecule has 0 fully saturated rings. The van der Waals surface area contributed by atoms with Gasteiger partial charge in [-0.05, 0) is 22.9 Å². The van der Waals surface area contributed by atoms with Crippen molar-refractivity contribution >= 4 is 15.9 Å². The quantitative estimate of drug-likeness (QED) is 0.846. The minimum absolute atomic E-state index is 0.0142. The molecule has 0 saturated carbocycles. The predicted octanol–water partition coefficient (Wildman–Crippen LogP) is 3.41. The van der Waals surface area contributed by atoms with Gasteiger partial charge in [-0.25, -0.2) is 0 Å². The van der Waals surface area contributed by atoms with Crippen LogP contribution in [0.5, 0.6) is 0 Å². The minimum Gasteiger partial charge on any atom is -0.322 e. The molecule has 0 aliphatic heterocycles. The molecular formula is C9H10BrF6N3. The number of aryl methyl sites for hydroxylation is 1. The number of halogens is 7. The van der Waals surface area contributed by atoms with Crippen LogP contribution in [0.4, 0.5) is 26.3 Å². The summed E-state index contributed by atoms with van der Waals surface area (Å²) in [5.74, 6) is -3.64. The van der Waals surface area contributed by atoms with Gasteiger partial charge in [0.15, 0.2) is 5.92 Å². The van der Waals surface area contributed by atoms with E-state index >= 15 is 0 Å². The largest absolute Gasteiger partial charge is 0.402 e. The van der Waals surface area contributed by atoms with Gasteiger partial charge in [-0.2, -0.15) is 31.4 Å². The molecule has 1 unspecified atom stereocenters. The van der Waals surface area contributed by atoms with E-state index in [-0.39, 0.29) is 16.7 Å². The van der Waals surface area contributed by atoms with Gasteiger partial charge in [0.05, 0.1) is 22.4 Å². The first-order chi connectivity index (χ1) is 8.50. The molecule has 0 amide bonds. The van der Waals surface area contributed by atoms with Crippen LogP contribution in [0.3, 0.4) is 0 Å². The van der Waals surface area contributed by atoms with Gasteiger partial charge in [-0.15, -0.1) is 0 Å². The third kappa shape index (κ3) is 3.41. The van der Waals surface area contributed by atoms with Crippen LogP contribution in [0, 0.1) is 5.92 Å². The molecule has 0 aromatic carbocycles. The molecule has 0 radical (unpaired) electrons. The highest BCUT2D eigenvalue weighted by Crippen LogP contribution is 2.46. The Morgan fingerprint density at radius 3 is 2.11 bits per heavy atom. The molecule has 2 N–H and O–H groups in total. The Morgan fingerprint density at radius 1 is 1.26 bits per heavy atom. The zero-order valence-electron chi connectivity index (χ0n) is 9.56.